The first-order valence-electron chi connectivity index (χ1n) is 12.4. The normalized spacial score (nSPS) is 15.2. The third-order valence-corrected chi connectivity index (χ3v) is 6.77. The lowest BCUT2D eigenvalue weighted by Crippen LogP contribution is -2.54. The number of amides is 3. The number of hydrogen-bond donors (Lipinski definition) is 2. The van der Waals surface area contributed by atoms with Gasteiger partial charge in [-0.1, -0.05) is 29.8 Å². The molecule has 1 aliphatic rings. The highest BCUT2D eigenvalue weighted by Gasteiger charge is 2.44. The Labute approximate surface area is 239 Å². The Morgan fingerprint density at radius 1 is 1.00 bits per heavy atom. The Morgan fingerprint density at radius 3 is 2.24 bits per heavy atom. The summed E-state index contributed by atoms with van der Waals surface area (Å²) < 4.78 is 5.20. The van der Waals surface area contributed by atoms with E-state index in [9.17, 15) is 34.4 Å². The average Bonchev–Trinajstić information content (AvgIpc) is 3.41. The van der Waals surface area contributed by atoms with Crippen molar-refractivity contribution in [2.75, 3.05) is 20.2 Å². The zero-order valence-electron chi connectivity index (χ0n) is 21.7. The molecule has 0 aromatic heterocycles. The van der Waals surface area contributed by atoms with E-state index in [4.69, 9.17) is 16.3 Å². The Hall–Kier alpha value is -4.97. The number of rotatable bonds is 9. The number of non-ortho nitro benzene ring substituents is 1. The van der Waals surface area contributed by atoms with E-state index in [0.29, 0.717) is 10.8 Å². The fraction of sp³-hybridized carbons (Fsp3) is 0.214. The van der Waals surface area contributed by atoms with Crippen LogP contribution in [-0.2, 0) is 9.59 Å². The highest BCUT2D eigenvalue weighted by molar-refractivity contribution is 6.30. The number of carbonyl (C=O) groups excluding carboxylic acids is 3. The quantitative estimate of drug-likeness (QED) is 0.287. The summed E-state index contributed by atoms with van der Waals surface area (Å²) in [5.41, 5.74) is 0.323. The van der Waals surface area contributed by atoms with E-state index in [1.165, 1.54) is 71.5 Å². The maximum absolute atomic E-state index is 13.8. The molecule has 13 heteroatoms. The number of hydrogen-bond acceptors (Lipinski definition) is 7. The fourth-order valence-corrected chi connectivity index (χ4v) is 4.67. The van der Waals surface area contributed by atoms with Gasteiger partial charge in [-0.3, -0.25) is 29.3 Å². The summed E-state index contributed by atoms with van der Waals surface area (Å²) in [6.45, 7) is 0.0174. The van der Waals surface area contributed by atoms with Crippen LogP contribution in [0.15, 0.2) is 72.8 Å². The minimum absolute atomic E-state index is 0.00780. The maximum Gasteiger partial charge on any atom is 0.305 e. The predicted molar refractivity (Wildman–Crippen MR) is 147 cm³/mol. The number of nitro benzene ring substituents is 1. The molecule has 4 rings (SSSR count). The van der Waals surface area contributed by atoms with Crippen molar-refractivity contribution in [2.45, 2.75) is 18.6 Å². The lowest BCUT2D eigenvalue weighted by Gasteiger charge is -2.31. The average molecular weight is 581 g/mol. The minimum atomic E-state index is -1.45. The first-order valence-corrected chi connectivity index (χ1v) is 12.7. The number of nitro groups is 1. The predicted octanol–water partition coefficient (Wildman–Crippen LogP) is 3.51. The Bertz CT molecular complexity index is 1500. The Morgan fingerprint density at radius 2 is 1.63 bits per heavy atom. The van der Waals surface area contributed by atoms with E-state index >= 15 is 0 Å². The summed E-state index contributed by atoms with van der Waals surface area (Å²) in [6.07, 6.45) is -2.05. The van der Waals surface area contributed by atoms with Gasteiger partial charge >= 0.3 is 5.97 Å². The van der Waals surface area contributed by atoms with Crippen LogP contribution in [0.3, 0.4) is 0 Å². The highest BCUT2D eigenvalue weighted by atomic mass is 35.5. The van der Waals surface area contributed by atoms with Crippen LogP contribution in [0, 0.1) is 10.1 Å². The largest absolute Gasteiger partial charge is 0.497 e. The SMILES string of the molecule is COc1cccc(C(=O)N2CCN(C(=O)c3ccc(Cl)cc3)C2C(=O)NC(CC(=O)O)c2cccc([N+](=O)[O-])c2)c1. The second kappa shape index (κ2) is 12.5. The van der Waals surface area contributed by atoms with E-state index < -0.39 is 47.2 Å². The van der Waals surface area contributed by atoms with Crippen molar-refractivity contribution in [1.82, 2.24) is 15.1 Å². The number of benzene rings is 3. The molecule has 0 aliphatic carbocycles. The lowest BCUT2D eigenvalue weighted by atomic mass is 10.0. The van der Waals surface area contributed by atoms with E-state index in [1.807, 2.05) is 0 Å². The molecule has 0 bridgehead atoms. The van der Waals surface area contributed by atoms with Gasteiger partial charge in [-0.05, 0) is 48.0 Å². The van der Waals surface area contributed by atoms with E-state index in [2.05, 4.69) is 5.32 Å². The number of methoxy groups -OCH3 is 1. The molecule has 1 fully saturated rings. The molecule has 3 aromatic rings. The van der Waals surface area contributed by atoms with E-state index in [1.54, 1.807) is 18.2 Å². The van der Waals surface area contributed by atoms with Crippen LogP contribution in [-0.4, -0.2) is 69.9 Å². The number of aliphatic carboxylic acids is 1. The first kappa shape index (κ1) is 29.0. The molecule has 3 aromatic carbocycles. The van der Waals surface area contributed by atoms with Crippen molar-refractivity contribution in [3.8, 4) is 5.75 Å². The van der Waals surface area contributed by atoms with Crippen LogP contribution in [0.2, 0.25) is 5.02 Å². The van der Waals surface area contributed by atoms with E-state index in [-0.39, 0.29) is 35.5 Å². The van der Waals surface area contributed by atoms with Gasteiger partial charge in [-0.2, -0.15) is 0 Å². The second-order valence-corrected chi connectivity index (χ2v) is 9.56. The smallest absolute Gasteiger partial charge is 0.305 e. The number of ether oxygens (including phenoxy) is 1. The van der Waals surface area contributed by atoms with Crippen molar-refractivity contribution in [3.05, 3.63) is 105 Å². The minimum Gasteiger partial charge on any atom is -0.497 e. The number of nitrogens with one attached hydrogen (secondary N) is 1. The third-order valence-electron chi connectivity index (χ3n) is 6.51. The zero-order valence-corrected chi connectivity index (χ0v) is 22.5. The summed E-state index contributed by atoms with van der Waals surface area (Å²) >= 11 is 5.96. The molecule has 1 aliphatic heterocycles. The topological polar surface area (TPSA) is 159 Å². The van der Waals surface area contributed by atoms with Gasteiger partial charge in [-0.15, -0.1) is 0 Å². The molecule has 2 unspecified atom stereocenters. The summed E-state index contributed by atoms with van der Waals surface area (Å²) in [5, 5.41) is 23.8. The first-order chi connectivity index (χ1) is 19.6. The summed E-state index contributed by atoms with van der Waals surface area (Å²) in [4.78, 5) is 65.7. The molecule has 212 valence electrons. The molecule has 0 spiro atoms. The molecule has 0 saturated carbocycles. The zero-order chi connectivity index (χ0) is 29.7. The lowest BCUT2D eigenvalue weighted by molar-refractivity contribution is -0.384. The van der Waals surface area contributed by atoms with Gasteiger partial charge in [0.15, 0.2) is 6.17 Å². The van der Waals surface area contributed by atoms with Gasteiger partial charge in [-0.25, -0.2) is 0 Å². The van der Waals surface area contributed by atoms with Crippen molar-refractivity contribution in [3.63, 3.8) is 0 Å². The third kappa shape index (κ3) is 6.61. The molecule has 41 heavy (non-hydrogen) atoms. The number of nitrogens with zero attached hydrogens (tertiary/aromatic N) is 3. The van der Waals surface area contributed by atoms with Gasteiger partial charge in [0.1, 0.15) is 5.75 Å². The second-order valence-electron chi connectivity index (χ2n) is 9.12. The molecule has 12 nitrogen and oxygen atoms in total. The highest BCUT2D eigenvalue weighted by Crippen LogP contribution is 2.26. The number of carboxylic acid groups (broad SMARTS) is 1. The van der Waals surface area contributed by atoms with Crippen LogP contribution in [0.4, 0.5) is 5.69 Å². The van der Waals surface area contributed by atoms with Gasteiger partial charge in [0.05, 0.1) is 24.5 Å². The molecule has 3 amide bonds. The number of carbonyl (C=O) groups is 4. The molecule has 1 heterocycles. The number of carboxylic acids is 1. The fourth-order valence-electron chi connectivity index (χ4n) is 4.55. The van der Waals surface area contributed by atoms with Crippen molar-refractivity contribution in [1.29, 1.82) is 0 Å². The molecule has 2 atom stereocenters. The number of halogens is 1. The van der Waals surface area contributed by atoms with Crippen LogP contribution < -0.4 is 10.1 Å². The molecule has 2 N–H and O–H groups in total. The van der Waals surface area contributed by atoms with Crippen LogP contribution in [0.5, 0.6) is 5.75 Å². The Kier molecular flexibility index (Phi) is 8.83. The maximum atomic E-state index is 13.8. The van der Waals surface area contributed by atoms with Gasteiger partial charge < -0.3 is 25.0 Å². The summed E-state index contributed by atoms with van der Waals surface area (Å²) in [5.74, 6) is -2.80. The molecular weight excluding hydrogens is 556 g/mol. The molecule has 0 radical (unpaired) electrons. The van der Waals surface area contributed by atoms with Crippen molar-refractivity contribution >= 4 is 41.0 Å². The van der Waals surface area contributed by atoms with Gasteiger partial charge in [0.2, 0.25) is 0 Å². The van der Waals surface area contributed by atoms with Crippen LogP contribution >= 0.6 is 11.6 Å². The summed E-state index contributed by atoms with van der Waals surface area (Å²) in [7, 11) is 1.44. The molecular formula is C28H25ClN4O8. The Balaban J connectivity index is 1.70. The summed E-state index contributed by atoms with van der Waals surface area (Å²) in [6, 6.07) is 16.3. The standard InChI is InChI=1S/C28H25ClN4O8/c1-41-22-7-3-5-19(15-22)28(38)32-13-12-31(27(37)17-8-10-20(29)11-9-17)26(32)25(36)30-23(16-24(34)35)18-4-2-6-21(14-18)33(39)40/h2-11,14-15,23,26H,12-13,16H2,1H3,(H,30,36)(H,34,35). The van der Waals surface area contributed by atoms with Crippen molar-refractivity contribution in [2.24, 2.45) is 0 Å². The van der Waals surface area contributed by atoms with Crippen LogP contribution in [0.1, 0.15) is 38.7 Å². The van der Waals surface area contributed by atoms with Gasteiger partial charge in [0.25, 0.3) is 23.4 Å². The van der Waals surface area contributed by atoms with Crippen molar-refractivity contribution < 1.29 is 33.9 Å². The van der Waals surface area contributed by atoms with E-state index in [0.717, 1.165) is 0 Å². The van der Waals surface area contributed by atoms with Crippen LogP contribution in [0.25, 0.3) is 0 Å². The van der Waals surface area contributed by atoms with Gasteiger partial charge in [0, 0.05) is 41.4 Å². The molecule has 1 saturated heterocycles. The monoisotopic (exact) mass is 580 g/mol.